The van der Waals surface area contributed by atoms with Crippen LogP contribution in [-0.4, -0.2) is 72.7 Å². The molecule has 2 aliphatic heterocycles. The highest BCUT2D eigenvalue weighted by atomic mass is 32.1. The molecule has 2 fully saturated rings. The molecule has 0 bridgehead atoms. The minimum absolute atomic E-state index is 0.0363. The molecule has 2 amide bonds. The maximum atomic E-state index is 15.0. The van der Waals surface area contributed by atoms with E-state index in [4.69, 9.17) is 22.2 Å². The van der Waals surface area contributed by atoms with Gasteiger partial charge in [0.1, 0.15) is 11.9 Å². The van der Waals surface area contributed by atoms with E-state index in [0.29, 0.717) is 32.2 Å². The molecule has 3 heterocycles. The van der Waals surface area contributed by atoms with E-state index in [1.807, 2.05) is 0 Å². The Bertz CT molecular complexity index is 1330. The van der Waals surface area contributed by atoms with Crippen LogP contribution in [0.15, 0.2) is 30.5 Å². The molecule has 2 saturated heterocycles. The summed E-state index contributed by atoms with van der Waals surface area (Å²) in [6.45, 7) is 4.34. The van der Waals surface area contributed by atoms with Gasteiger partial charge in [0.05, 0.1) is 36.2 Å². The lowest BCUT2D eigenvalue weighted by Gasteiger charge is -2.30. The molecular formula is C26H26F4N6O3S. The Morgan fingerprint density at radius 3 is 2.60 bits per heavy atom. The average Bonchev–Trinajstić information content (AvgIpc) is 3.08. The van der Waals surface area contributed by atoms with E-state index in [9.17, 15) is 22.8 Å². The number of pyridine rings is 1. The number of benzene rings is 1. The van der Waals surface area contributed by atoms with Crippen molar-refractivity contribution in [2.24, 2.45) is 0 Å². The van der Waals surface area contributed by atoms with Gasteiger partial charge in [-0.05, 0) is 55.9 Å². The number of ether oxygens (including phenoxy) is 1. The second kappa shape index (κ2) is 12.7. The Kier molecular flexibility index (Phi) is 9.28. The lowest BCUT2D eigenvalue weighted by molar-refractivity contribution is -0.138. The van der Waals surface area contributed by atoms with Crippen molar-refractivity contribution in [3.63, 3.8) is 0 Å². The van der Waals surface area contributed by atoms with Crippen LogP contribution < -0.4 is 15.1 Å². The van der Waals surface area contributed by atoms with Crippen molar-refractivity contribution in [2.75, 3.05) is 55.7 Å². The lowest BCUT2D eigenvalue weighted by atomic mass is 10.1. The number of hydrogen-bond donors (Lipinski definition) is 1. The van der Waals surface area contributed by atoms with Gasteiger partial charge in [0, 0.05) is 38.3 Å². The van der Waals surface area contributed by atoms with E-state index in [1.54, 1.807) is 0 Å². The van der Waals surface area contributed by atoms with Crippen molar-refractivity contribution in [2.45, 2.75) is 25.4 Å². The zero-order valence-corrected chi connectivity index (χ0v) is 22.2. The Morgan fingerprint density at radius 2 is 1.93 bits per heavy atom. The highest BCUT2D eigenvalue weighted by molar-refractivity contribution is 7.81. The number of anilines is 2. The van der Waals surface area contributed by atoms with Crippen LogP contribution in [0.25, 0.3) is 0 Å². The van der Waals surface area contributed by atoms with Crippen molar-refractivity contribution < 1.29 is 31.9 Å². The summed E-state index contributed by atoms with van der Waals surface area (Å²) >= 11 is 5.47. The van der Waals surface area contributed by atoms with Crippen LogP contribution in [0, 0.1) is 17.1 Å². The zero-order valence-electron chi connectivity index (χ0n) is 21.3. The van der Waals surface area contributed by atoms with Gasteiger partial charge in [-0.2, -0.15) is 18.4 Å². The fourth-order valence-corrected chi connectivity index (χ4v) is 4.88. The quantitative estimate of drug-likeness (QED) is 0.303. The van der Waals surface area contributed by atoms with Gasteiger partial charge in [-0.3, -0.25) is 19.4 Å². The van der Waals surface area contributed by atoms with Gasteiger partial charge in [0.15, 0.2) is 10.8 Å². The number of nitrogens with one attached hydrogen (secondary N) is 1. The van der Waals surface area contributed by atoms with Gasteiger partial charge in [0.25, 0.3) is 5.91 Å². The number of hydrogen-bond acceptors (Lipinski definition) is 7. The standard InChI is InChI=1S/C26H26F4N6O3S/c27-21-14-17(4-5-19(21)24(38)32-6-2-7-34-9-11-39-12-10-34)35-8-1-3-23(37)36(25(35)40)18-13-20(26(28,29)30)22(15-31)33-16-18/h4-5,13-14,16H,1-3,6-12H2,(H,32,38). The number of morpholine rings is 1. The highest BCUT2D eigenvalue weighted by Gasteiger charge is 2.37. The van der Waals surface area contributed by atoms with E-state index in [0.717, 1.165) is 36.8 Å². The normalized spacial score (nSPS) is 17.0. The Labute approximate surface area is 233 Å². The van der Waals surface area contributed by atoms with E-state index in [1.165, 1.54) is 23.1 Å². The Hall–Kier alpha value is -3.67. The molecule has 0 aliphatic carbocycles. The molecule has 1 aromatic heterocycles. The maximum Gasteiger partial charge on any atom is 0.419 e. The number of halogens is 4. The van der Waals surface area contributed by atoms with Gasteiger partial charge in [-0.1, -0.05) is 0 Å². The first-order valence-corrected chi connectivity index (χ1v) is 13.0. The van der Waals surface area contributed by atoms with Gasteiger partial charge in [-0.15, -0.1) is 0 Å². The first kappa shape index (κ1) is 29.3. The van der Waals surface area contributed by atoms with Crippen LogP contribution in [0.1, 0.15) is 40.9 Å². The van der Waals surface area contributed by atoms with Crippen LogP contribution in [0.4, 0.5) is 28.9 Å². The molecule has 2 aromatic rings. The summed E-state index contributed by atoms with van der Waals surface area (Å²) < 4.78 is 60.9. The second-order valence-electron chi connectivity index (χ2n) is 9.19. The third-order valence-corrected chi connectivity index (χ3v) is 6.94. The van der Waals surface area contributed by atoms with E-state index >= 15 is 4.39 Å². The molecule has 212 valence electrons. The van der Waals surface area contributed by atoms with Crippen molar-refractivity contribution in [1.29, 1.82) is 5.26 Å². The van der Waals surface area contributed by atoms with E-state index in [2.05, 4.69) is 15.2 Å². The third-order valence-electron chi connectivity index (χ3n) is 6.54. The van der Waals surface area contributed by atoms with Gasteiger partial charge in [0.2, 0.25) is 5.91 Å². The molecule has 0 radical (unpaired) electrons. The number of thiocarbonyl (C=S) groups is 1. The summed E-state index contributed by atoms with van der Waals surface area (Å²) in [5.74, 6) is -1.96. The van der Waals surface area contributed by atoms with Crippen LogP contribution in [0.2, 0.25) is 0 Å². The molecule has 2 aliphatic rings. The summed E-state index contributed by atoms with van der Waals surface area (Å²) in [5.41, 5.74) is -2.34. The molecule has 1 aromatic carbocycles. The minimum atomic E-state index is -4.88. The molecular weight excluding hydrogens is 552 g/mol. The fraction of sp³-hybridized carbons (Fsp3) is 0.423. The molecule has 9 nitrogen and oxygen atoms in total. The summed E-state index contributed by atoms with van der Waals surface area (Å²) in [6.07, 6.45) is -2.97. The number of amides is 2. The number of carbonyl (C=O) groups is 2. The number of nitrogens with zero attached hydrogens (tertiary/aromatic N) is 5. The number of rotatable bonds is 7. The second-order valence-corrected chi connectivity index (χ2v) is 9.56. The van der Waals surface area contributed by atoms with Crippen molar-refractivity contribution in [3.05, 3.63) is 53.1 Å². The van der Waals surface area contributed by atoms with E-state index < -0.39 is 35.1 Å². The van der Waals surface area contributed by atoms with E-state index in [-0.39, 0.29) is 41.4 Å². The number of carbonyl (C=O) groups excluding carboxylic acids is 2. The number of nitriles is 1. The first-order valence-electron chi connectivity index (χ1n) is 12.6. The fourth-order valence-electron chi connectivity index (χ4n) is 4.48. The molecule has 0 spiro atoms. The molecule has 40 heavy (non-hydrogen) atoms. The SMILES string of the molecule is N#Cc1ncc(N2C(=O)CCCN(c3ccc(C(=O)NCCCN4CCOCC4)c(F)c3)C2=S)cc1C(F)(F)F. The largest absolute Gasteiger partial charge is 0.419 e. The topological polar surface area (TPSA) is 102 Å². The lowest BCUT2D eigenvalue weighted by Crippen LogP contribution is -2.44. The van der Waals surface area contributed by atoms with Crippen LogP contribution in [0.5, 0.6) is 0 Å². The summed E-state index contributed by atoms with van der Waals surface area (Å²) in [7, 11) is 0. The van der Waals surface area contributed by atoms with Gasteiger partial charge in [-0.25, -0.2) is 9.37 Å². The van der Waals surface area contributed by atoms with Crippen LogP contribution in [0.3, 0.4) is 0 Å². The monoisotopic (exact) mass is 578 g/mol. The maximum absolute atomic E-state index is 15.0. The summed E-state index contributed by atoms with van der Waals surface area (Å²) in [6, 6.07) is 5.90. The van der Waals surface area contributed by atoms with Crippen LogP contribution in [-0.2, 0) is 15.7 Å². The number of aromatic nitrogens is 1. The Morgan fingerprint density at radius 1 is 1.18 bits per heavy atom. The predicted octanol–water partition coefficient (Wildman–Crippen LogP) is 3.48. The molecule has 4 rings (SSSR count). The highest BCUT2D eigenvalue weighted by Crippen LogP contribution is 2.34. The molecule has 0 unspecified atom stereocenters. The van der Waals surface area contributed by atoms with Gasteiger partial charge < -0.3 is 15.0 Å². The Balaban J connectivity index is 1.49. The summed E-state index contributed by atoms with van der Waals surface area (Å²) in [4.78, 5) is 33.5. The first-order chi connectivity index (χ1) is 19.1. The van der Waals surface area contributed by atoms with Crippen LogP contribution >= 0.6 is 12.2 Å². The van der Waals surface area contributed by atoms with Gasteiger partial charge >= 0.3 is 6.18 Å². The molecule has 0 atom stereocenters. The minimum Gasteiger partial charge on any atom is -0.379 e. The van der Waals surface area contributed by atoms with Crippen molar-refractivity contribution in [3.8, 4) is 6.07 Å². The van der Waals surface area contributed by atoms with Crippen molar-refractivity contribution >= 4 is 40.5 Å². The smallest absolute Gasteiger partial charge is 0.379 e. The molecule has 1 N–H and O–H groups in total. The predicted molar refractivity (Wildman–Crippen MR) is 141 cm³/mol. The average molecular weight is 579 g/mol. The summed E-state index contributed by atoms with van der Waals surface area (Å²) in [5, 5.41) is 11.6. The zero-order chi connectivity index (χ0) is 28.9. The molecule has 14 heteroatoms. The third kappa shape index (κ3) is 6.72. The van der Waals surface area contributed by atoms with Crippen molar-refractivity contribution in [1.82, 2.24) is 15.2 Å². The number of alkyl halides is 3. The molecule has 0 saturated carbocycles.